The smallest absolute Gasteiger partial charge is 0.0270 e. The van der Waals surface area contributed by atoms with Crippen LogP contribution in [0, 0.1) is 0 Å². The maximum Gasteiger partial charge on any atom is 0.0270 e. The van der Waals surface area contributed by atoms with Crippen LogP contribution in [0.5, 0.6) is 0 Å². The summed E-state index contributed by atoms with van der Waals surface area (Å²) in [6.45, 7) is 0. The first kappa shape index (κ1) is 9.59. The largest absolute Gasteiger partial charge is 0.265 e. The van der Waals surface area contributed by atoms with Gasteiger partial charge in [0.25, 0.3) is 0 Å². The molecule has 1 aliphatic carbocycles. The Hall–Kier alpha value is -1.63. The van der Waals surface area contributed by atoms with Gasteiger partial charge in [-0.3, -0.25) is 4.98 Å². The van der Waals surface area contributed by atoms with Gasteiger partial charge in [-0.05, 0) is 54.0 Å². The van der Waals surface area contributed by atoms with E-state index in [1.54, 1.807) is 0 Å². The van der Waals surface area contributed by atoms with Crippen molar-refractivity contribution >= 4 is 0 Å². The van der Waals surface area contributed by atoms with Gasteiger partial charge in [0.15, 0.2) is 0 Å². The maximum atomic E-state index is 4.03. The molecule has 0 unspecified atom stereocenters. The van der Waals surface area contributed by atoms with E-state index in [4.69, 9.17) is 0 Å². The van der Waals surface area contributed by atoms with Crippen LogP contribution in [0.1, 0.15) is 35.4 Å². The van der Waals surface area contributed by atoms with Crippen LogP contribution in [0.3, 0.4) is 0 Å². The molecule has 0 N–H and O–H groups in total. The van der Waals surface area contributed by atoms with Crippen molar-refractivity contribution in [3.8, 4) is 0 Å². The molecule has 2 aromatic rings. The fourth-order valence-corrected chi connectivity index (χ4v) is 2.06. The Morgan fingerprint density at radius 1 is 0.875 bits per heavy atom. The van der Waals surface area contributed by atoms with Crippen molar-refractivity contribution in [3.05, 3.63) is 65.5 Å². The van der Waals surface area contributed by atoms with E-state index in [9.17, 15) is 0 Å². The lowest BCUT2D eigenvalue weighted by Crippen LogP contribution is -1.89. The number of nitrogens with zero attached hydrogens (tertiary/aromatic N) is 1. The zero-order chi connectivity index (χ0) is 10.8. The molecule has 1 fully saturated rings. The zero-order valence-corrected chi connectivity index (χ0v) is 9.26. The highest BCUT2D eigenvalue weighted by Gasteiger charge is 2.22. The van der Waals surface area contributed by atoms with Gasteiger partial charge in [-0.25, -0.2) is 0 Å². The van der Waals surface area contributed by atoms with Gasteiger partial charge < -0.3 is 0 Å². The highest BCUT2D eigenvalue weighted by Crippen LogP contribution is 2.39. The van der Waals surface area contributed by atoms with Crippen molar-refractivity contribution in [1.82, 2.24) is 4.98 Å². The summed E-state index contributed by atoms with van der Waals surface area (Å²) in [4.78, 5) is 4.03. The van der Waals surface area contributed by atoms with Crippen LogP contribution in [-0.4, -0.2) is 4.98 Å². The van der Waals surface area contributed by atoms with Gasteiger partial charge in [-0.2, -0.15) is 0 Å². The van der Waals surface area contributed by atoms with E-state index < -0.39 is 0 Å². The molecule has 1 saturated carbocycles. The summed E-state index contributed by atoms with van der Waals surface area (Å²) in [5, 5.41) is 0. The number of rotatable bonds is 3. The van der Waals surface area contributed by atoms with E-state index in [-0.39, 0.29) is 0 Å². The minimum absolute atomic E-state index is 0.856. The van der Waals surface area contributed by atoms with Crippen LogP contribution < -0.4 is 0 Å². The molecule has 1 aromatic heterocycles. The number of hydrogen-bond acceptors (Lipinski definition) is 1. The second kappa shape index (κ2) is 4.09. The summed E-state index contributed by atoms with van der Waals surface area (Å²) in [7, 11) is 0. The molecule has 0 spiro atoms. The summed E-state index contributed by atoms with van der Waals surface area (Å²) in [5.74, 6) is 0.856. The van der Waals surface area contributed by atoms with Crippen molar-refractivity contribution in [1.29, 1.82) is 0 Å². The third-order valence-electron chi connectivity index (χ3n) is 3.19. The number of hydrogen-bond donors (Lipinski definition) is 0. The molecule has 0 amide bonds. The van der Waals surface area contributed by atoms with Crippen molar-refractivity contribution in [2.45, 2.75) is 25.2 Å². The summed E-state index contributed by atoms with van der Waals surface area (Å²) in [6, 6.07) is 13.2. The van der Waals surface area contributed by atoms with Gasteiger partial charge in [0.2, 0.25) is 0 Å². The molecule has 0 aliphatic heterocycles. The predicted molar refractivity (Wildman–Crippen MR) is 65.5 cm³/mol. The lowest BCUT2D eigenvalue weighted by Gasteiger charge is -2.03. The molecule has 1 nitrogen and oxygen atoms in total. The fourth-order valence-electron chi connectivity index (χ4n) is 2.06. The second-order valence-corrected chi connectivity index (χ2v) is 4.55. The minimum atomic E-state index is 0.856. The normalized spacial score (nSPS) is 15.0. The van der Waals surface area contributed by atoms with E-state index >= 15 is 0 Å². The van der Waals surface area contributed by atoms with E-state index in [2.05, 4.69) is 41.4 Å². The molecule has 1 aliphatic rings. The Kier molecular flexibility index (Phi) is 2.45. The first-order chi connectivity index (χ1) is 7.92. The van der Waals surface area contributed by atoms with Gasteiger partial charge >= 0.3 is 0 Å². The summed E-state index contributed by atoms with van der Waals surface area (Å²) in [5.41, 5.74) is 4.23. The van der Waals surface area contributed by atoms with Gasteiger partial charge in [0.1, 0.15) is 0 Å². The number of pyridine rings is 1. The van der Waals surface area contributed by atoms with Gasteiger partial charge in [-0.1, -0.05) is 24.3 Å². The van der Waals surface area contributed by atoms with Gasteiger partial charge in [-0.15, -0.1) is 0 Å². The SMILES string of the molecule is c1cc(Cc2ccc(C3CC3)cc2)ccn1. The third-order valence-corrected chi connectivity index (χ3v) is 3.19. The van der Waals surface area contributed by atoms with E-state index in [0.717, 1.165) is 12.3 Å². The fraction of sp³-hybridized carbons (Fsp3) is 0.267. The summed E-state index contributed by atoms with van der Waals surface area (Å²) in [6.07, 6.45) is 7.47. The molecular weight excluding hydrogens is 194 g/mol. The van der Waals surface area contributed by atoms with Crippen LogP contribution >= 0.6 is 0 Å². The maximum absolute atomic E-state index is 4.03. The average Bonchev–Trinajstić information content (AvgIpc) is 3.15. The Labute approximate surface area is 96.2 Å². The van der Waals surface area contributed by atoms with E-state index in [1.165, 1.54) is 29.5 Å². The number of benzene rings is 1. The van der Waals surface area contributed by atoms with Crippen LogP contribution in [0.25, 0.3) is 0 Å². The van der Waals surface area contributed by atoms with Crippen molar-refractivity contribution in [3.63, 3.8) is 0 Å². The Morgan fingerprint density at radius 2 is 1.50 bits per heavy atom. The molecule has 1 aromatic carbocycles. The van der Waals surface area contributed by atoms with Gasteiger partial charge in [0, 0.05) is 12.4 Å². The Balaban J connectivity index is 1.75. The molecular formula is C15H15N. The predicted octanol–water partition coefficient (Wildman–Crippen LogP) is 3.55. The summed E-state index contributed by atoms with van der Waals surface area (Å²) < 4.78 is 0. The molecule has 3 rings (SSSR count). The minimum Gasteiger partial charge on any atom is -0.265 e. The van der Waals surface area contributed by atoms with Gasteiger partial charge in [0.05, 0.1) is 0 Å². The topological polar surface area (TPSA) is 12.9 Å². The van der Waals surface area contributed by atoms with E-state index in [0.29, 0.717) is 0 Å². The second-order valence-electron chi connectivity index (χ2n) is 4.55. The molecule has 1 heteroatoms. The Bertz CT molecular complexity index is 455. The molecule has 1 heterocycles. The highest BCUT2D eigenvalue weighted by atomic mass is 14.6. The van der Waals surface area contributed by atoms with Crippen LogP contribution in [0.15, 0.2) is 48.8 Å². The van der Waals surface area contributed by atoms with Crippen molar-refractivity contribution < 1.29 is 0 Å². The molecule has 0 saturated heterocycles. The third kappa shape index (κ3) is 2.13. The van der Waals surface area contributed by atoms with Crippen LogP contribution in [0.2, 0.25) is 0 Å². The molecule has 0 radical (unpaired) electrons. The average molecular weight is 209 g/mol. The zero-order valence-electron chi connectivity index (χ0n) is 9.26. The standard InChI is InChI=1S/C15H15N/c1-3-14(15-5-6-15)4-2-12(1)11-13-7-9-16-10-8-13/h1-4,7-10,15H,5-6,11H2. The molecule has 80 valence electrons. The first-order valence-corrected chi connectivity index (χ1v) is 5.89. The quantitative estimate of drug-likeness (QED) is 0.753. The Morgan fingerprint density at radius 3 is 2.12 bits per heavy atom. The molecule has 16 heavy (non-hydrogen) atoms. The molecule has 0 atom stereocenters. The van der Waals surface area contributed by atoms with Crippen LogP contribution in [0.4, 0.5) is 0 Å². The monoisotopic (exact) mass is 209 g/mol. The number of aromatic nitrogens is 1. The van der Waals surface area contributed by atoms with Crippen molar-refractivity contribution in [2.75, 3.05) is 0 Å². The van der Waals surface area contributed by atoms with Crippen molar-refractivity contribution in [2.24, 2.45) is 0 Å². The lowest BCUT2D eigenvalue weighted by molar-refractivity contribution is 1.11. The van der Waals surface area contributed by atoms with Crippen LogP contribution in [-0.2, 0) is 6.42 Å². The summed E-state index contributed by atoms with van der Waals surface area (Å²) >= 11 is 0. The van der Waals surface area contributed by atoms with E-state index in [1.807, 2.05) is 12.4 Å². The highest BCUT2D eigenvalue weighted by molar-refractivity contribution is 5.31. The lowest BCUT2D eigenvalue weighted by atomic mass is 10.0. The first-order valence-electron chi connectivity index (χ1n) is 5.89. The molecule has 0 bridgehead atoms.